The van der Waals surface area contributed by atoms with Gasteiger partial charge in [-0.15, -0.1) is 0 Å². The van der Waals surface area contributed by atoms with Gasteiger partial charge in [0.05, 0.1) is 13.7 Å². The van der Waals surface area contributed by atoms with Gasteiger partial charge in [-0.3, -0.25) is 9.59 Å². The van der Waals surface area contributed by atoms with Crippen LogP contribution in [0.2, 0.25) is 0 Å². The number of nitrogens with zero attached hydrogens (tertiary/aromatic N) is 1. The lowest BCUT2D eigenvalue weighted by atomic mass is 9.90. The molecule has 1 aromatic carbocycles. The number of aromatic nitrogens is 1. The summed E-state index contributed by atoms with van der Waals surface area (Å²) in [6.45, 7) is 1.65. The van der Waals surface area contributed by atoms with Gasteiger partial charge in [0, 0.05) is 12.5 Å². The zero-order chi connectivity index (χ0) is 18.5. The first-order valence-corrected chi connectivity index (χ1v) is 8.69. The van der Waals surface area contributed by atoms with Crippen LogP contribution in [0.4, 0.5) is 5.82 Å². The lowest BCUT2D eigenvalue weighted by molar-refractivity contribution is -0.124. The first kappa shape index (κ1) is 18.0. The second kappa shape index (κ2) is 8.03. The molecule has 1 aliphatic carbocycles. The first-order chi connectivity index (χ1) is 12.5. The quantitative estimate of drug-likeness (QED) is 0.757. The maximum absolute atomic E-state index is 12.3. The highest BCUT2D eigenvalue weighted by Gasteiger charge is 2.33. The summed E-state index contributed by atoms with van der Waals surface area (Å²) in [7, 11) is 1.63. The van der Waals surface area contributed by atoms with E-state index >= 15 is 0 Å². The molecule has 2 amide bonds. The Morgan fingerprint density at radius 3 is 2.58 bits per heavy atom. The number of nitrogens with one attached hydrogen (secondary N) is 2. The molecule has 138 valence electrons. The van der Waals surface area contributed by atoms with E-state index in [0.717, 1.165) is 24.2 Å². The van der Waals surface area contributed by atoms with Gasteiger partial charge in [0.2, 0.25) is 11.8 Å². The Hall–Kier alpha value is -2.83. The molecule has 7 nitrogen and oxygen atoms in total. The van der Waals surface area contributed by atoms with Crippen LogP contribution in [-0.4, -0.2) is 30.6 Å². The molecule has 1 heterocycles. The Kier molecular flexibility index (Phi) is 5.55. The van der Waals surface area contributed by atoms with E-state index in [1.807, 2.05) is 24.3 Å². The first-order valence-electron chi connectivity index (χ1n) is 8.69. The smallest absolute Gasteiger partial charge is 0.245 e. The lowest BCUT2D eigenvalue weighted by Crippen LogP contribution is -2.33. The summed E-state index contributed by atoms with van der Waals surface area (Å²) in [5.41, 5.74) is 1.13. The summed E-state index contributed by atoms with van der Waals surface area (Å²) in [5.74, 6) is 1.98. The fraction of sp³-hybridized carbons (Fsp3) is 0.421. The van der Waals surface area contributed by atoms with Crippen molar-refractivity contribution < 1.29 is 18.8 Å². The molecule has 3 rings (SSSR count). The van der Waals surface area contributed by atoms with Crippen molar-refractivity contribution in [1.29, 1.82) is 0 Å². The number of ether oxygens (including phenoxy) is 1. The number of carbonyl (C=O) groups excluding carboxylic acids is 2. The minimum atomic E-state index is -0.334. The summed E-state index contributed by atoms with van der Waals surface area (Å²) in [6.07, 6.45) is 2.64. The van der Waals surface area contributed by atoms with Crippen LogP contribution >= 0.6 is 0 Å². The molecule has 1 unspecified atom stereocenters. The molecule has 1 saturated carbocycles. The molecule has 1 aromatic heterocycles. The molecule has 2 N–H and O–H groups in total. The molecule has 0 aliphatic heterocycles. The topological polar surface area (TPSA) is 93.5 Å². The highest BCUT2D eigenvalue weighted by molar-refractivity contribution is 5.93. The predicted octanol–water partition coefficient (Wildman–Crippen LogP) is 2.63. The van der Waals surface area contributed by atoms with Crippen molar-refractivity contribution >= 4 is 17.6 Å². The second-order valence-corrected chi connectivity index (χ2v) is 6.57. The minimum Gasteiger partial charge on any atom is -0.497 e. The number of aryl methyl sites for hydroxylation is 1. The zero-order valence-electron chi connectivity index (χ0n) is 15.0. The van der Waals surface area contributed by atoms with Crippen LogP contribution in [0.3, 0.4) is 0 Å². The third kappa shape index (κ3) is 4.84. The largest absolute Gasteiger partial charge is 0.497 e. The van der Waals surface area contributed by atoms with Crippen molar-refractivity contribution in [2.45, 2.75) is 32.1 Å². The monoisotopic (exact) mass is 357 g/mol. The Bertz CT molecular complexity index is 765. The number of rotatable bonds is 8. The summed E-state index contributed by atoms with van der Waals surface area (Å²) < 4.78 is 10.1. The number of anilines is 1. The average Bonchev–Trinajstić information content (AvgIpc) is 3.40. The van der Waals surface area contributed by atoms with E-state index in [4.69, 9.17) is 9.26 Å². The molecule has 26 heavy (non-hydrogen) atoms. The van der Waals surface area contributed by atoms with Crippen LogP contribution in [0.1, 0.15) is 36.5 Å². The summed E-state index contributed by atoms with van der Waals surface area (Å²) in [6, 6.07) is 9.46. The number of hydrogen-bond acceptors (Lipinski definition) is 5. The van der Waals surface area contributed by atoms with E-state index in [1.165, 1.54) is 0 Å². The fourth-order valence-electron chi connectivity index (χ4n) is 2.97. The number of hydrogen-bond donors (Lipinski definition) is 2. The molecular formula is C19H23N3O4. The third-order valence-electron chi connectivity index (χ3n) is 4.48. The van der Waals surface area contributed by atoms with Gasteiger partial charge in [-0.05, 0) is 49.3 Å². The van der Waals surface area contributed by atoms with E-state index in [2.05, 4.69) is 15.8 Å². The van der Waals surface area contributed by atoms with E-state index in [9.17, 15) is 9.59 Å². The maximum Gasteiger partial charge on any atom is 0.245 e. The van der Waals surface area contributed by atoms with Crippen molar-refractivity contribution in [3.8, 4) is 5.75 Å². The minimum absolute atomic E-state index is 0.0925. The molecule has 1 atom stereocenters. The maximum atomic E-state index is 12.3. The van der Waals surface area contributed by atoms with Gasteiger partial charge >= 0.3 is 0 Å². The number of methoxy groups -OCH3 is 1. The molecule has 0 radical (unpaired) electrons. The van der Waals surface area contributed by atoms with Crippen LogP contribution in [0.15, 0.2) is 34.9 Å². The third-order valence-corrected chi connectivity index (χ3v) is 4.48. The molecule has 0 bridgehead atoms. The van der Waals surface area contributed by atoms with Crippen LogP contribution in [0, 0.1) is 12.8 Å². The molecule has 7 heteroatoms. The van der Waals surface area contributed by atoms with Gasteiger partial charge in [-0.2, -0.15) is 0 Å². The Balaban J connectivity index is 1.50. The molecular weight excluding hydrogens is 334 g/mol. The molecule has 0 saturated heterocycles. The van der Waals surface area contributed by atoms with Crippen LogP contribution < -0.4 is 15.4 Å². The van der Waals surface area contributed by atoms with Crippen molar-refractivity contribution in [2.24, 2.45) is 5.92 Å². The standard InChI is InChI=1S/C19H23N3O4/c1-12-9-17(22-26-12)21-19(24)11-20-18(23)10-16(13-3-4-13)14-5-7-15(25-2)8-6-14/h5-9,13,16H,3-4,10-11H2,1-2H3,(H,20,23)(H,21,22,24). The second-order valence-electron chi connectivity index (χ2n) is 6.57. The molecule has 1 aliphatic rings. The van der Waals surface area contributed by atoms with Gasteiger partial charge in [0.1, 0.15) is 11.5 Å². The van der Waals surface area contributed by atoms with Crippen molar-refractivity contribution in [1.82, 2.24) is 10.5 Å². The van der Waals surface area contributed by atoms with Crippen LogP contribution in [-0.2, 0) is 9.59 Å². The normalized spacial score (nSPS) is 14.5. The Morgan fingerprint density at radius 1 is 1.27 bits per heavy atom. The van der Waals surface area contributed by atoms with E-state index < -0.39 is 0 Å². The van der Waals surface area contributed by atoms with Gasteiger partial charge in [-0.1, -0.05) is 17.3 Å². The van der Waals surface area contributed by atoms with Gasteiger partial charge in [0.25, 0.3) is 0 Å². The highest BCUT2D eigenvalue weighted by atomic mass is 16.5. The highest BCUT2D eigenvalue weighted by Crippen LogP contribution is 2.44. The Morgan fingerprint density at radius 2 is 2.00 bits per heavy atom. The number of amides is 2. The number of benzene rings is 1. The van der Waals surface area contributed by atoms with Gasteiger partial charge in [0.15, 0.2) is 5.82 Å². The zero-order valence-corrected chi connectivity index (χ0v) is 15.0. The average molecular weight is 357 g/mol. The van der Waals surface area contributed by atoms with Crippen molar-refractivity contribution in [3.05, 3.63) is 41.7 Å². The lowest BCUT2D eigenvalue weighted by Gasteiger charge is -2.17. The molecule has 2 aromatic rings. The summed E-state index contributed by atoms with van der Waals surface area (Å²) in [5, 5.41) is 8.95. The molecule has 1 fully saturated rings. The summed E-state index contributed by atoms with van der Waals surface area (Å²) >= 11 is 0. The summed E-state index contributed by atoms with van der Waals surface area (Å²) in [4.78, 5) is 24.2. The molecule has 0 spiro atoms. The SMILES string of the molecule is COc1ccc(C(CC(=O)NCC(=O)Nc2cc(C)on2)C2CC2)cc1. The van der Waals surface area contributed by atoms with E-state index in [-0.39, 0.29) is 24.3 Å². The number of carbonyl (C=O) groups is 2. The van der Waals surface area contributed by atoms with Crippen LogP contribution in [0.25, 0.3) is 0 Å². The predicted molar refractivity (Wildman–Crippen MR) is 96.0 cm³/mol. The van der Waals surface area contributed by atoms with E-state index in [0.29, 0.717) is 23.9 Å². The van der Waals surface area contributed by atoms with Crippen molar-refractivity contribution in [2.75, 3.05) is 19.0 Å². The van der Waals surface area contributed by atoms with E-state index in [1.54, 1.807) is 20.1 Å². The Labute approximate surface area is 152 Å². The van der Waals surface area contributed by atoms with Crippen LogP contribution in [0.5, 0.6) is 5.75 Å². The fourth-order valence-corrected chi connectivity index (χ4v) is 2.97. The van der Waals surface area contributed by atoms with Gasteiger partial charge in [-0.25, -0.2) is 0 Å². The van der Waals surface area contributed by atoms with Crippen molar-refractivity contribution in [3.63, 3.8) is 0 Å². The van der Waals surface area contributed by atoms with Gasteiger partial charge < -0.3 is 19.9 Å².